The van der Waals surface area contributed by atoms with Gasteiger partial charge in [-0.3, -0.25) is 0 Å². The van der Waals surface area contributed by atoms with Crippen LogP contribution < -0.4 is 4.57 Å². The van der Waals surface area contributed by atoms with Crippen molar-refractivity contribution in [1.82, 2.24) is 0 Å². The molecule has 3 heteroatoms. The molecule has 0 aliphatic carbocycles. The molecular weight excluding hydrogens is 346 g/mol. The number of rotatable bonds is 1. The van der Waals surface area contributed by atoms with E-state index in [-0.39, 0.29) is 0 Å². The summed E-state index contributed by atoms with van der Waals surface area (Å²) >= 11 is 0. The molecule has 0 atom stereocenters. The van der Waals surface area contributed by atoms with Crippen LogP contribution >= 0.6 is 0 Å². The van der Waals surface area contributed by atoms with E-state index in [1.807, 2.05) is 24.3 Å². The molecule has 0 saturated heterocycles. The maximum Gasteiger partial charge on any atom is 0.256 e. The number of benzene rings is 3. The first kappa shape index (κ1) is 15.5. The lowest BCUT2D eigenvalue weighted by Gasteiger charge is -2.04. The number of pyridine rings is 1. The molecule has 0 spiro atoms. The predicted molar refractivity (Wildman–Crippen MR) is 112 cm³/mol. The summed E-state index contributed by atoms with van der Waals surface area (Å²) in [5.41, 5.74) is 7.09. The standard InChI is InChI=1S/C25H18NO2/c1-15-7-3-4-8-16(15)24-25-18(13-14-26(24)2)23-21(28-25)12-11-20-22(23)17-9-5-6-10-19(17)27-20/h3-14H,1-2H3/q+1. The van der Waals surface area contributed by atoms with E-state index in [2.05, 4.69) is 67.2 Å². The van der Waals surface area contributed by atoms with Crippen LogP contribution in [0.5, 0.6) is 0 Å². The van der Waals surface area contributed by atoms with E-state index in [9.17, 15) is 0 Å². The van der Waals surface area contributed by atoms with Crippen LogP contribution in [-0.2, 0) is 7.05 Å². The Bertz CT molecular complexity index is 1530. The Hall–Kier alpha value is -3.59. The Balaban J connectivity index is 1.84. The van der Waals surface area contributed by atoms with Crippen LogP contribution in [0.4, 0.5) is 0 Å². The number of hydrogen-bond acceptors (Lipinski definition) is 2. The van der Waals surface area contributed by atoms with Gasteiger partial charge in [0.05, 0.1) is 5.56 Å². The Kier molecular flexibility index (Phi) is 3.01. The number of aromatic nitrogens is 1. The van der Waals surface area contributed by atoms with Gasteiger partial charge < -0.3 is 8.83 Å². The molecule has 0 N–H and O–H groups in total. The number of nitrogens with zero attached hydrogens (tertiary/aromatic N) is 1. The summed E-state index contributed by atoms with van der Waals surface area (Å²) in [6.07, 6.45) is 2.11. The number of fused-ring (bicyclic) bond motifs is 7. The van der Waals surface area contributed by atoms with Crippen LogP contribution in [-0.4, -0.2) is 0 Å². The Morgan fingerprint density at radius 1 is 0.679 bits per heavy atom. The summed E-state index contributed by atoms with van der Waals surface area (Å²) in [6, 6.07) is 22.8. The van der Waals surface area contributed by atoms with Crippen molar-refractivity contribution in [1.29, 1.82) is 0 Å². The average Bonchev–Trinajstić information content (AvgIpc) is 3.26. The van der Waals surface area contributed by atoms with E-state index in [0.717, 1.165) is 49.6 Å². The summed E-state index contributed by atoms with van der Waals surface area (Å²) in [7, 11) is 2.07. The zero-order valence-electron chi connectivity index (χ0n) is 15.7. The van der Waals surface area contributed by atoms with E-state index in [0.29, 0.717) is 0 Å². The summed E-state index contributed by atoms with van der Waals surface area (Å²) in [6.45, 7) is 2.14. The van der Waals surface area contributed by atoms with Gasteiger partial charge in [-0.1, -0.05) is 36.4 Å². The first-order valence-corrected chi connectivity index (χ1v) is 9.43. The van der Waals surface area contributed by atoms with E-state index in [1.54, 1.807) is 0 Å². The summed E-state index contributed by atoms with van der Waals surface area (Å²) < 4.78 is 14.7. The number of para-hydroxylation sites is 1. The molecule has 0 amide bonds. The second-order valence-electron chi connectivity index (χ2n) is 7.35. The fourth-order valence-corrected chi connectivity index (χ4v) is 4.34. The number of hydrogen-bond donors (Lipinski definition) is 0. The van der Waals surface area contributed by atoms with Crippen molar-refractivity contribution in [3.05, 3.63) is 78.5 Å². The van der Waals surface area contributed by atoms with E-state index < -0.39 is 0 Å². The number of aryl methyl sites for hydroxylation is 2. The van der Waals surface area contributed by atoms with E-state index in [4.69, 9.17) is 8.83 Å². The van der Waals surface area contributed by atoms with Gasteiger partial charge in [0.15, 0.2) is 6.20 Å². The molecule has 0 bridgehead atoms. The Morgan fingerprint density at radius 3 is 2.25 bits per heavy atom. The molecular formula is C25H18NO2+. The highest BCUT2D eigenvalue weighted by molar-refractivity contribution is 6.26. The van der Waals surface area contributed by atoms with Crippen LogP contribution in [0.25, 0.3) is 55.1 Å². The molecule has 6 rings (SSSR count). The van der Waals surface area contributed by atoms with Gasteiger partial charge in [0.1, 0.15) is 23.8 Å². The summed E-state index contributed by atoms with van der Waals surface area (Å²) in [5, 5.41) is 4.48. The van der Waals surface area contributed by atoms with Crippen molar-refractivity contribution in [2.75, 3.05) is 0 Å². The minimum absolute atomic E-state index is 0.884. The molecule has 3 nitrogen and oxygen atoms in total. The van der Waals surface area contributed by atoms with Crippen LogP contribution in [0.15, 0.2) is 81.8 Å². The minimum atomic E-state index is 0.884. The lowest BCUT2D eigenvalue weighted by atomic mass is 10.0. The minimum Gasteiger partial charge on any atom is -0.456 e. The molecule has 6 aromatic rings. The smallest absolute Gasteiger partial charge is 0.256 e. The summed E-state index contributed by atoms with van der Waals surface area (Å²) in [4.78, 5) is 0. The topological polar surface area (TPSA) is 30.2 Å². The molecule has 3 heterocycles. The second-order valence-corrected chi connectivity index (χ2v) is 7.35. The van der Waals surface area contributed by atoms with Crippen LogP contribution in [0.1, 0.15) is 5.56 Å². The highest BCUT2D eigenvalue weighted by atomic mass is 16.3. The first-order chi connectivity index (χ1) is 13.7. The van der Waals surface area contributed by atoms with Gasteiger partial charge in [-0.2, -0.15) is 4.57 Å². The molecule has 0 unspecified atom stereocenters. The maximum absolute atomic E-state index is 6.44. The van der Waals surface area contributed by atoms with Crippen LogP contribution in [0.3, 0.4) is 0 Å². The third kappa shape index (κ3) is 1.96. The molecule has 0 aliphatic rings. The van der Waals surface area contributed by atoms with Gasteiger partial charge in [0, 0.05) is 27.6 Å². The molecule has 0 fully saturated rings. The van der Waals surface area contributed by atoms with Crippen molar-refractivity contribution in [2.24, 2.45) is 7.05 Å². The largest absolute Gasteiger partial charge is 0.456 e. The molecule has 134 valence electrons. The fraction of sp³-hybridized carbons (Fsp3) is 0.0800. The Labute approximate surface area is 161 Å². The van der Waals surface area contributed by atoms with Gasteiger partial charge in [-0.05, 0) is 36.8 Å². The third-order valence-corrected chi connectivity index (χ3v) is 5.66. The molecule has 0 aliphatic heterocycles. The quantitative estimate of drug-likeness (QED) is 0.321. The van der Waals surface area contributed by atoms with E-state index >= 15 is 0 Å². The fourth-order valence-electron chi connectivity index (χ4n) is 4.34. The second kappa shape index (κ2) is 5.46. The number of furan rings is 2. The highest BCUT2D eigenvalue weighted by Gasteiger charge is 2.24. The van der Waals surface area contributed by atoms with Gasteiger partial charge >= 0.3 is 0 Å². The van der Waals surface area contributed by atoms with Crippen molar-refractivity contribution in [3.63, 3.8) is 0 Å². The predicted octanol–water partition coefficient (Wildman–Crippen LogP) is 6.29. The van der Waals surface area contributed by atoms with Crippen molar-refractivity contribution in [2.45, 2.75) is 6.92 Å². The average molecular weight is 364 g/mol. The lowest BCUT2D eigenvalue weighted by molar-refractivity contribution is -0.659. The van der Waals surface area contributed by atoms with Gasteiger partial charge in [-0.15, -0.1) is 0 Å². The summed E-state index contributed by atoms with van der Waals surface area (Å²) in [5.74, 6) is 0. The van der Waals surface area contributed by atoms with Gasteiger partial charge in [-0.25, -0.2) is 0 Å². The highest BCUT2D eigenvalue weighted by Crippen LogP contribution is 2.41. The zero-order valence-corrected chi connectivity index (χ0v) is 15.7. The Morgan fingerprint density at radius 2 is 1.39 bits per heavy atom. The third-order valence-electron chi connectivity index (χ3n) is 5.66. The maximum atomic E-state index is 6.44. The van der Waals surface area contributed by atoms with Crippen LogP contribution in [0.2, 0.25) is 0 Å². The molecule has 0 saturated carbocycles. The zero-order chi connectivity index (χ0) is 18.8. The van der Waals surface area contributed by atoms with E-state index in [1.165, 1.54) is 11.1 Å². The van der Waals surface area contributed by atoms with Crippen molar-refractivity contribution >= 4 is 43.9 Å². The molecule has 0 radical (unpaired) electrons. The monoisotopic (exact) mass is 364 g/mol. The van der Waals surface area contributed by atoms with Crippen molar-refractivity contribution in [3.8, 4) is 11.3 Å². The lowest BCUT2D eigenvalue weighted by Crippen LogP contribution is -2.30. The first-order valence-electron chi connectivity index (χ1n) is 9.43. The normalized spacial score (nSPS) is 11.9. The van der Waals surface area contributed by atoms with Gasteiger partial charge in [0.2, 0.25) is 5.58 Å². The van der Waals surface area contributed by atoms with Crippen molar-refractivity contribution < 1.29 is 13.4 Å². The molecule has 28 heavy (non-hydrogen) atoms. The SMILES string of the molecule is Cc1ccccc1-c1c2oc3ccc4oc5ccccc5c4c3c2cc[n+]1C. The van der Waals surface area contributed by atoms with Crippen LogP contribution in [0, 0.1) is 6.92 Å². The molecule has 3 aromatic carbocycles. The molecule has 3 aromatic heterocycles. The van der Waals surface area contributed by atoms with Gasteiger partial charge in [0.25, 0.3) is 5.69 Å².